The van der Waals surface area contributed by atoms with Gasteiger partial charge in [0, 0.05) is 0 Å². The second kappa shape index (κ2) is 3.78. The highest BCUT2D eigenvalue weighted by atomic mass is 32.2. The standard InChI is InChI=1S/C8H16O2S/c1-8(2,9)3-4-11-7-5-10-6-7/h7,9H,3-6H2,1-2H3. The molecule has 1 rings (SSSR count). The molecule has 0 spiro atoms. The summed E-state index contributed by atoms with van der Waals surface area (Å²) in [7, 11) is 0. The molecule has 0 saturated carbocycles. The van der Waals surface area contributed by atoms with Gasteiger partial charge < -0.3 is 9.84 Å². The van der Waals surface area contributed by atoms with Crippen molar-refractivity contribution in [2.45, 2.75) is 31.1 Å². The summed E-state index contributed by atoms with van der Waals surface area (Å²) in [5.41, 5.74) is -0.502. The maximum absolute atomic E-state index is 9.38. The Balaban J connectivity index is 1.95. The molecule has 0 unspecified atom stereocenters. The van der Waals surface area contributed by atoms with Crippen LogP contribution in [-0.2, 0) is 4.74 Å². The Morgan fingerprint density at radius 2 is 2.18 bits per heavy atom. The van der Waals surface area contributed by atoms with Gasteiger partial charge in [0.25, 0.3) is 0 Å². The van der Waals surface area contributed by atoms with Crippen molar-refractivity contribution < 1.29 is 9.84 Å². The fraction of sp³-hybridized carbons (Fsp3) is 1.00. The number of hydrogen-bond acceptors (Lipinski definition) is 3. The quantitative estimate of drug-likeness (QED) is 0.699. The summed E-state index contributed by atoms with van der Waals surface area (Å²) >= 11 is 1.91. The summed E-state index contributed by atoms with van der Waals surface area (Å²) in [5.74, 6) is 1.04. The Bertz CT molecular complexity index is 116. The molecule has 0 bridgehead atoms. The molecule has 1 N–H and O–H groups in total. The average molecular weight is 176 g/mol. The van der Waals surface area contributed by atoms with E-state index < -0.39 is 5.60 Å². The van der Waals surface area contributed by atoms with Crippen LogP contribution in [0.15, 0.2) is 0 Å². The van der Waals surface area contributed by atoms with Gasteiger partial charge in [-0.05, 0) is 26.0 Å². The van der Waals surface area contributed by atoms with Gasteiger partial charge in [-0.2, -0.15) is 11.8 Å². The van der Waals surface area contributed by atoms with E-state index in [0.717, 1.165) is 25.4 Å². The van der Waals surface area contributed by atoms with E-state index >= 15 is 0 Å². The lowest BCUT2D eigenvalue weighted by molar-refractivity contribution is 0.0449. The maximum Gasteiger partial charge on any atom is 0.0607 e. The minimum Gasteiger partial charge on any atom is -0.390 e. The second-order valence-corrected chi connectivity index (χ2v) is 5.00. The first-order chi connectivity index (χ1) is 5.08. The maximum atomic E-state index is 9.38. The summed E-state index contributed by atoms with van der Waals surface area (Å²) in [6, 6.07) is 0. The van der Waals surface area contributed by atoms with E-state index in [2.05, 4.69) is 0 Å². The molecule has 0 radical (unpaired) electrons. The van der Waals surface area contributed by atoms with Crippen LogP contribution >= 0.6 is 11.8 Å². The molecule has 0 atom stereocenters. The van der Waals surface area contributed by atoms with E-state index in [1.165, 1.54) is 0 Å². The van der Waals surface area contributed by atoms with Gasteiger partial charge in [-0.1, -0.05) is 0 Å². The van der Waals surface area contributed by atoms with Crippen LogP contribution in [0.4, 0.5) is 0 Å². The van der Waals surface area contributed by atoms with Crippen molar-refractivity contribution in [2.75, 3.05) is 19.0 Å². The van der Waals surface area contributed by atoms with E-state index in [-0.39, 0.29) is 0 Å². The van der Waals surface area contributed by atoms with Crippen LogP contribution in [0.2, 0.25) is 0 Å². The number of rotatable bonds is 4. The van der Waals surface area contributed by atoms with E-state index in [0.29, 0.717) is 5.25 Å². The molecule has 2 nitrogen and oxygen atoms in total. The van der Waals surface area contributed by atoms with Gasteiger partial charge in [0.2, 0.25) is 0 Å². The van der Waals surface area contributed by atoms with Gasteiger partial charge in [-0.3, -0.25) is 0 Å². The molecule has 0 amide bonds. The van der Waals surface area contributed by atoms with E-state index in [9.17, 15) is 5.11 Å². The van der Waals surface area contributed by atoms with Crippen LogP contribution in [0.1, 0.15) is 20.3 Å². The van der Waals surface area contributed by atoms with E-state index in [4.69, 9.17) is 4.74 Å². The third kappa shape index (κ3) is 3.99. The van der Waals surface area contributed by atoms with Crippen LogP contribution in [0.25, 0.3) is 0 Å². The lowest BCUT2D eigenvalue weighted by Gasteiger charge is -2.26. The number of hydrogen-bond donors (Lipinski definition) is 1. The lowest BCUT2D eigenvalue weighted by atomic mass is 10.1. The third-order valence-corrected chi connectivity index (χ3v) is 2.86. The number of thioether (sulfide) groups is 1. The molecule has 1 fully saturated rings. The van der Waals surface area contributed by atoms with Crippen LogP contribution in [0, 0.1) is 0 Å². The van der Waals surface area contributed by atoms with Gasteiger partial charge in [0.05, 0.1) is 24.1 Å². The first-order valence-corrected chi connectivity index (χ1v) is 5.04. The lowest BCUT2D eigenvalue weighted by Crippen LogP contribution is -2.31. The third-order valence-electron chi connectivity index (χ3n) is 1.67. The second-order valence-electron chi connectivity index (χ2n) is 3.59. The monoisotopic (exact) mass is 176 g/mol. The van der Waals surface area contributed by atoms with Gasteiger partial charge in [0.15, 0.2) is 0 Å². The van der Waals surface area contributed by atoms with Gasteiger partial charge >= 0.3 is 0 Å². The molecular weight excluding hydrogens is 160 g/mol. The molecular formula is C8H16O2S. The molecule has 1 aliphatic heterocycles. The van der Waals surface area contributed by atoms with Crippen molar-refractivity contribution in [3.63, 3.8) is 0 Å². The highest BCUT2D eigenvalue weighted by Gasteiger charge is 2.20. The molecule has 1 saturated heterocycles. The Kier molecular flexibility index (Phi) is 3.22. The Hall–Kier alpha value is 0.270. The predicted molar refractivity (Wildman–Crippen MR) is 48.0 cm³/mol. The number of ether oxygens (including phenoxy) is 1. The number of aliphatic hydroxyl groups is 1. The topological polar surface area (TPSA) is 29.5 Å². The zero-order valence-electron chi connectivity index (χ0n) is 7.17. The molecule has 11 heavy (non-hydrogen) atoms. The first kappa shape index (κ1) is 9.36. The first-order valence-electron chi connectivity index (χ1n) is 4.00. The van der Waals surface area contributed by atoms with Crippen LogP contribution in [0.3, 0.4) is 0 Å². The largest absolute Gasteiger partial charge is 0.390 e. The van der Waals surface area contributed by atoms with Crippen LogP contribution in [-0.4, -0.2) is 34.9 Å². The van der Waals surface area contributed by atoms with Crippen molar-refractivity contribution >= 4 is 11.8 Å². The van der Waals surface area contributed by atoms with E-state index in [1.807, 2.05) is 25.6 Å². The van der Waals surface area contributed by atoms with Crippen molar-refractivity contribution in [3.05, 3.63) is 0 Å². The van der Waals surface area contributed by atoms with Gasteiger partial charge in [-0.25, -0.2) is 0 Å². The van der Waals surface area contributed by atoms with E-state index in [1.54, 1.807) is 0 Å². The van der Waals surface area contributed by atoms with Crippen molar-refractivity contribution in [3.8, 4) is 0 Å². The zero-order chi connectivity index (χ0) is 8.32. The van der Waals surface area contributed by atoms with Gasteiger partial charge in [-0.15, -0.1) is 0 Å². The fourth-order valence-electron chi connectivity index (χ4n) is 0.786. The Morgan fingerprint density at radius 1 is 1.55 bits per heavy atom. The Morgan fingerprint density at radius 3 is 2.55 bits per heavy atom. The molecule has 0 aromatic carbocycles. The molecule has 1 aliphatic rings. The summed E-state index contributed by atoms with van der Waals surface area (Å²) in [6.07, 6.45) is 0.869. The smallest absolute Gasteiger partial charge is 0.0607 e. The summed E-state index contributed by atoms with van der Waals surface area (Å²) < 4.78 is 5.03. The summed E-state index contributed by atoms with van der Waals surface area (Å²) in [4.78, 5) is 0. The summed E-state index contributed by atoms with van der Waals surface area (Å²) in [5, 5.41) is 10.1. The molecule has 0 aromatic heterocycles. The van der Waals surface area contributed by atoms with Crippen LogP contribution in [0.5, 0.6) is 0 Å². The highest BCUT2D eigenvalue weighted by molar-refractivity contribution is 8.00. The fourth-order valence-corrected chi connectivity index (χ4v) is 2.12. The molecule has 66 valence electrons. The average Bonchev–Trinajstić information content (AvgIpc) is 1.73. The molecule has 0 aliphatic carbocycles. The van der Waals surface area contributed by atoms with Crippen molar-refractivity contribution in [1.82, 2.24) is 0 Å². The molecule has 3 heteroatoms. The predicted octanol–water partition coefficient (Wildman–Crippen LogP) is 1.28. The Labute approximate surface area is 72.3 Å². The molecule has 0 aromatic rings. The zero-order valence-corrected chi connectivity index (χ0v) is 7.99. The van der Waals surface area contributed by atoms with Crippen LogP contribution < -0.4 is 0 Å². The SMILES string of the molecule is CC(C)(O)CCSC1COC1. The highest BCUT2D eigenvalue weighted by Crippen LogP contribution is 2.22. The van der Waals surface area contributed by atoms with Crippen molar-refractivity contribution in [1.29, 1.82) is 0 Å². The van der Waals surface area contributed by atoms with Crippen molar-refractivity contribution in [2.24, 2.45) is 0 Å². The van der Waals surface area contributed by atoms with Gasteiger partial charge in [0.1, 0.15) is 0 Å². The minimum absolute atomic E-state index is 0.502. The minimum atomic E-state index is -0.502. The summed E-state index contributed by atoms with van der Waals surface area (Å²) in [6.45, 7) is 5.50. The molecule has 1 heterocycles. The normalized spacial score (nSPS) is 19.9.